The Labute approximate surface area is 229 Å². The molecule has 0 aliphatic heterocycles. The lowest BCUT2D eigenvalue weighted by Gasteiger charge is -2.15. The molecule has 0 radical (unpaired) electrons. The molecule has 0 bridgehead atoms. The number of halogens is 4. The van der Waals surface area contributed by atoms with E-state index in [-0.39, 0.29) is 45.2 Å². The van der Waals surface area contributed by atoms with Gasteiger partial charge in [-0.25, -0.2) is 19.2 Å². The van der Waals surface area contributed by atoms with Crippen LogP contribution >= 0.6 is 11.6 Å². The van der Waals surface area contributed by atoms with Gasteiger partial charge in [0, 0.05) is 12.2 Å². The summed E-state index contributed by atoms with van der Waals surface area (Å²) < 4.78 is 41.5. The molecule has 0 saturated heterocycles. The summed E-state index contributed by atoms with van der Waals surface area (Å²) >= 11 is 6.29. The van der Waals surface area contributed by atoms with Crippen LogP contribution < -0.4 is 10.6 Å². The standard InChI is InChI=1S/C24H18ClF3N10O2/c1-12-8-14(29-2)9-16(21(39)31-13-5-6-13)19(12)32-22(40)18-10-15(11-37-23(24(26,27)28)33-35-36-37)34-38(18)20-17(25)4-3-7-30-20/h3-4,7-10,13H,5-6,11H2,1H3,(H,31,39)(H,32,40). The Morgan fingerprint density at radius 3 is 2.67 bits per heavy atom. The number of alkyl halides is 3. The lowest BCUT2D eigenvalue weighted by atomic mass is 10.1. The fraction of sp³-hybridized carbons (Fsp3) is 0.250. The van der Waals surface area contributed by atoms with E-state index in [9.17, 15) is 22.8 Å². The summed E-state index contributed by atoms with van der Waals surface area (Å²) in [7, 11) is 0. The second-order valence-electron chi connectivity index (χ2n) is 8.90. The highest BCUT2D eigenvalue weighted by atomic mass is 35.5. The van der Waals surface area contributed by atoms with Gasteiger partial charge in [0.05, 0.1) is 35.1 Å². The topological polar surface area (TPSA) is 137 Å². The summed E-state index contributed by atoms with van der Waals surface area (Å²) in [6.45, 7) is 8.46. The molecule has 3 aromatic heterocycles. The number of rotatable bonds is 7. The molecular weight excluding hydrogens is 553 g/mol. The van der Waals surface area contributed by atoms with E-state index in [0.29, 0.717) is 10.2 Å². The third kappa shape index (κ3) is 5.47. The monoisotopic (exact) mass is 570 g/mol. The molecule has 0 spiro atoms. The Kier molecular flexibility index (Phi) is 6.94. The predicted octanol–water partition coefficient (Wildman–Crippen LogP) is 3.98. The van der Waals surface area contributed by atoms with Crippen LogP contribution in [0.5, 0.6) is 0 Å². The van der Waals surface area contributed by atoms with Gasteiger partial charge in [0.1, 0.15) is 5.69 Å². The molecule has 1 fully saturated rings. The highest BCUT2D eigenvalue weighted by Gasteiger charge is 2.38. The normalized spacial score (nSPS) is 13.1. The first-order valence-corrected chi connectivity index (χ1v) is 12.1. The SMILES string of the molecule is [C-]#[N+]c1cc(C)c(NC(=O)c2cc(Cn3nnnc3C(F)(F)F)nn2-c2ncccc2Cl)c(C(=O)NC2CC2)c1. The lowest BCUT2D eigenvalue weighted by Crippen LogP contribution is -2.27. The summed E-state index contributed by atoms with van der Waals surface area (Å²) in [5, 5.41) is 19.4. The van der Waals surface area contributed by atoms with Crippen LogP contribution in [0.15, 0.2) is 36.5 Å². The van der Waals surface area contributed by atoms with Gasteiger partial charge in [0.25, 0.3) is 17.6 Å². The van der Waals surface area contributed by atoms with Crippen molar-refractivity contribution in [2.24, 2.45) is 0 Å². The van der Waals surface area contributed by atoms with Crippen LogP contribution in [0.4, 0.5) is 24.5 Å². The number of nitrogens with one attached hydrogen (secondary N) is 2. The van der Waals surface area contributed by atoms with Gasteiger partial charge < -0.3 is 10.6 Å². The molecular formula is C24H18ClF3N10O2. The lowest BCUT2D eigenvalue weighted by molar-refractivity contribution is -0.147. The predicted molar refractivity (Wildman–Crippen MR) is 134 cm³/mol. The van der Waals surface area contributed by atoms with Gasteiger partial charge in [-0.1, -0.05) is 17.7 Å². The van der Waals surface area contributed by atoms with Crippen molar-refractivity contribution in [3.8, 4) is 5.82 Å². The molecule has 4 aromatic rings. The van der Waals surface area contributed by atoms with Gasteiger partial charge in [-0.05, 0) is 60.0 Å². The molecule has 3 heterocycles. The first-order valence-electron chi connectivity index (χ1n) is 11.7. The minimum atomic E-state index is -4.82. The molecule has 1 aromatic carbocycles. The molecule has 1 aliphatic carbocycles. The van der Waals surface area contributed by atoms with Crippen LogP contribution in [0.3, 0.4) is 0 Å². The van der Waals surface area contributed by atoms with Crippen molar-refractivity contribution in [3.63, 3.8) is 0 Å². The number of hydrogen-bond acceptors (Lipinski definition) is 7. The number of carbonyl (C=O) groups excluding carboxylic acids is 2. The van der Waals surface area contributed by atoms with E-state index in [1.54, 1.807) is 13.0 Å². The van der Waals surface area contributed by atoms with E-state index in [1.807, 2.05) is 0 Å². The molecule has 1 aliphatic rings. The van der Waals surface area contributed by atoms with E-state index in [1.165, 1.54) is 30.5 Å². The minimum Gasteiger partial charge on any atom is -0.349 e. The van der Waals surface area contributed by atoms with Gasteiger partial charge in [-0.15, -0.1) is 5.10 Å². The molecule has 12 nitrogen and oxygen atoms in total. The van der Waals surface area contributed by atoms with Crippen molar-refractivity contribution < 1.29 is 22.8 Å². The Bertz CT molecular complexity index is 1670. The third-order valence-electron chi connectivity index (χ3n) is 5.87. The van der Waals surface area contributed by atoms with Crippen LogP contribution in [-0.4, -0.2) is 52.8 Å². The first-order chi connectivity index (χ1) is 19.0. The van der Waals surface area contributed by atoms with Crippen LogP contribution in [-0.2, 0) is 12.7 Å². The van der Waals surface area contributed by atoms with E-state index in [0.717, 1.165) is 17.5 Å². The summed E-state index contributed by atoms with van der Waals surface area (Å²) in [6, 6.07) is 7.22. The van der Waals surface area contributed by atoms with E-state index >= 15 is 0 Å². The molecule has 2 N–H and O–H groups in total. The van der Waals surface area contributed by atoms with E-state index < -0.39 is 30.4 Å². The van der Waals surface area contributed by atoms with Crippen LogP contribution in [0.2, 0.25) is 5.02 Å². The molecule has 40 heavy (non-hydrogen) atoms. The zero-order valence-corrected chi connectivity index (χ0v) is 21.3. The fourth-order valence-electron chi connectivity index (χ4n) is 3.88. The Morgan fingerprint density at radius 1 is 1.23 bits per heavy atom. The maximum atomic E-state index is 13.6. The van der Waals surface area contributed by atoms with E-state index in [4.69, 9.17) is 18.2 Å². The van der Waals surface area contributed by atoms with Crippen molar-refractivity contribution in [1.82, 2.24) is 40.3 Å². The summed E-state index contributed by atoms with van der Waals surface area (Å²) in [6.07, 6.45) is -1.75. The van der Waals surface area contributed by atoms with Crippen molar-refractivity contribution in [3.05, 3.63) is 81.3 Å². The molecule has 16 heteroatoms. The highest BCUT2D eigenvalue weighted by Crippen LogP contribution is 2.30. The number of aromatic nitrogens is 7. The number of aryl methyl sites for hydroxylation is 1. The number of amides is 2. The number of hydrogen-bond donors (Lipinski definition) is 2. The summed E-state index contributed by atoms with van der Waals surface area (Å²) in [5.41, 5.74) is 0.781. The Hall–Kier alpha value is -4.84. The molecule has 0 atom stereocenters. The smallest absolute Gasteiger partial charge is 0.349 e. The molecule has 5 rings (SSSR count). The average Bonchev–Trinajstić information content (AvgIpc) is 3.41. The minimum absolute atomic E-state index is 0.00329. The van der Waals surface area contributed by atoms with Gasteiger partial charge in [0.15, 0.2) is 11.5 Å². The zero-order valence-electron chi connectivity index (χ0n) is 20.6. The van der Waals surface area contributed by atoms with Crippen molar-refractivity contribution in [2.75, 3.05) is 5.32 Å². The second-order valence-corrected chi connectivity index (χ2v) is 9.31. The summed E-state index contributed by atoms with van der Waals surface area (Å²) in [4.78, 5) is 34.1. The second kappa shape index (κ2) is 10.4. The van der Waals surface area contributed by atoms with Crippen LogP contribution in [0.25, 0.3) is 10.7 Å². The number of benzene rings is 1. The number of nitrogens with zero attached hydrogens (tertiary/aromatic N) is 8. The molecule has 0 unspecified atom stereocenters. The number of anilines is 1. The van der Waals surface area contributed by atoms with Gasteiger partial charge in [-0.2, -0.15) is 18.3 Å². The van der Waals surface area contributed by atoms with Gasteiger partial charge in [-0.3, -0.25) is 9.59 Å². The Morgan fingerprint density at radius 2 is 2.00 bits per heavy atom. The van der Waals surface area contributed by atoms with Crippen molar-refractivity contribution in [1.29, 1.82) is 0 Å². The van der Waals surface area contributed by atoms with Gasteiger partial charge in [0.2, 0.25) is 0 Å². The quantitative estimate of drug-likeness (QED) is 0.321. The third-order valence-corrected chi connectivity index (χ3v) is 6.17. The number of tetrazole rings is 1. The average molecular weight is 571 g/mol. The van der Waals surface area contributed by atoms with Crippen molar-refractivity contribution >= 4 is 34.8 Å². The van der Waals surface area contributed by atoms with Crippen LogP contribution in [0.1, 0.15) is 50.8 Å². The maximum Gasteiger partial charge on any atom is 0.453 e. The molecule has 1 saturated carbocycles. The first kappa shape index (κ1) is 26.8. The van der Waals surface area contributed by atoms with Gasteiger partial charge >= 0.3 is 6.18 Å². The zero-order chi connectivity index (χ0) is 28.6. The fourth-order valence-corrected chi connectivity index (χ4v) is 4.08. The van der Waals surface area contributed by atoms with Crippen LogP contribution in [0, 0.1) is 13.5 Å². The number of pyridine rings is 1. The highest BCUT2D eigenvalue weighted by molar-refractivity contribution is 6.32. The molecule has 2 amide bonds. The van der Waals surface area contributed by atoms with E-state index in [2.05, 4.69) is 41.1 Å². The maximum absolute atomic E-state index is 13.6. The summed E-state index contributed by atoms with van der Waals surface area (Å²) in [5.74, 6) is -2.51. The molecule has 204 valence electrons. The largest absolute Gasteiger partial charge is 0.453 e. The van der Waals surface area contributed by atoms with Crippen molar-refractivity contribution in [2.45, 2.75) is 38.5 Å². The Balaban J connectivity index is 1.54. The number of carbonyl (C=O) groups is 2.